The lowest BCUT2D eigenvalue weighted by molar-refractivity contribution is 1.50. The van der Waals surface area contributed by atoms with E-state index in [-0.39, 0.29) is 0 Å². The van der Waals surface area contributed by atoms with Crippen molar-refractivity contribution in [1.29, 1.82) is 0 Å². The van der Waals surface area contributed by atoms with Gasteiger partial charge in [0.25, 0.3) is 0 Å². The normalized spacial score (nSPS) is 6.86. The van der Waals surface area contributed by atoms with Crippen LogP contribution < -0.4 is 0 Å². The molecule has 0 saturated heterocycles. The minimum Gasteiger partial charge on any atom is -0.179 e. The lowest BCUT2D eigenvalue weighted by Gasteiger charge is -1.79. The van der Waals surface area contributed by atoms with E-state index in [1.165, 1.54) is 5.75 Å². The molecule has 0 aliphatic carbocycles. The molecule has 0 aliphatic rings. The Hall–Kier alpha value is 0.700. The number of hydrogen-bond acceptors (Lipinski definition) is 2. The second-order valence-electron chi connectivity index (χ2n) is 0.716. The molecular formula is C5H14S2. The molecule has 0 atom stereocenters. The summed E-state index contributed by atoms with van der Waals surface area (Å²) < 4.78 is 0. The monoisotopic (exact) mass is 138 g/mol. The van der Waals surface area contributed by atoms with Gasteiger partial charge < -0.3 is 0 Å². The highest BCUT2D eigenvalue weighted by Crippen LogP contribution is 1.89. The van der Waals surface area contributed by atoms with Crippen LogP contribution in [0.5, 0.6) is 0 Å². The van der Waals surface area contributed by atoms with E-state index in [0.29, 0.717) is 0 Å². The Morgan fingerprint density at radius 3 is 1.86 bits per heavy atom. The molecule has 0 rings (SSSR count). The zero-order valence-electron chi connectivity index (χ0n) is 5.27. The number of rotatable bonds is 2. The highest BCUT2D eigenvalue weighted by molar-refractivity contribution is 7.99. The van der Waals surface area contributed by atoms with Gasteiger partial charge in [0.2, 0.25) is 0 Å². The molecule has 0 fully saturated rings. The Balaban J connectivity index is 0. The highest BCUT2D eigenvalue weighted by Gasteiger charge is 1.68. The molecule has 7 heavy (non-hydrogen) atoms. The van der Waals surface area contributed by atoms with E-state index in [1.807, 2.05) is 25.6 Å². The fourth-order valence-corrected chi connectivity index (χ4v) is 0.822. The van der Waals surface area contributed by atoms with Crippen molar-refractivity contribution in [2.45, 2.75) is 13.8 Å². The van der Waals surface area contributed by atoms with Crippen molar-refractivity contribution < 1.29 is 0 Å². The standard InChI is InChI=1S/C3H8S2.C2H6/c1-5-3-2-4;1-2/h4H,2-3H2,1H3;1-2H3. The van der Waals surface area contributed by atoms with E-state index in [2.05, 4.69) is 18.9 Å². The highest BCUT2D eigenvalue weighted by atomic mass is 32.2. The molecule has 2 heteroatoms. The molecule has 0 heterocycles. The van der Waals surface area contributed by atoms with Crippen LogP contribution in [0.1, 0.15) is 13.8 Å². The van der Waals surface area contributed by atoms with E-state index in [1.54, 1.807) is 0 Å². The minimum atomic E-state index is 1.00. The Morgan fingerprint density at radius 1 is 1.43 bits per heavy atom. The van der Waals surface area contributed by atoms with Crippen molar-refractivity contribution in [3.05, 3.63) is 0 Å². The average molecular weight is 138 g/mol. The third-order valence-corrected chi connectivity index (χ3v) is 1.43. The van der Waals surface area contributed by atoms with Gasteiger partial charge in [0, 0.05) is 5.75 Å². The number of thiol groups is 1. The average Bonchev–Trinajstić information content (AvgIpc) is 1.75. The largest absolute Gasteiger partial charge is 0.179 e. The maximum atomic E-state index is 3.98. The van der Waals surface area contributed by atoms with Crippen LogP contribution in [0.4, 0.5) is 0 Å². The van der Waals surface area contributed by atoms with Crippen LogP contribution in [0.25, 0.3) is 0 Å². The van der Waals surface area contributed by atoms with Crippen LogP contribution in [0, 0.1) is 0 Å². The molecule has 0 unspecified atom stereocenters. The van der Waals surface area contributed by atoms with Gasteiger partial charge in [0.1, 0.15) is 0 Å². The molecule has 0 aliphatic heterocycles. The van der Waals surface area contributed by atoms with Crippen molar-refractivity contribution in [3.63, 3.8) is 0 Å². The van der Waals surface area contributed by atoms with Crippen molar-refractivity contribution in [2.75, 3.05) is 17.8 Å². The van der Waals surface area contributed by atoms with Gasteiger partial charge in [-0.1, -0.05) is 13.8 Å². The van der Waals surface area contributed by atoms with Gasteiger partial charge in [-0.2, -0.15) is 24.4 Å². The molecule has 0 bridgehead atoms. The molecule has 0 saturated carbocycles. The second-order valence-corrected chi connectivity index (χ2v) is 2.15. The van der Waals surface area contributed by atoms with Gasteiger partial charge >= 0.3 is 0 Å². The van der Waals surface area contributed by atoms with Crippen LogP contribution in [0.3, 0.4) is 0 Å². The van der Waals surface area contributed by atoms with Gasteiger partial charge in [-0.25, -0.2) is 0 Å². The SMILES string of the molecule is CC.CSCCS. The predicted octanol–water partition coefficient (Wildman–Crippen LogP) is 2.31. The van der Waals surface area contributed by atoms with E-state index in [4.69, 9.17) is 0 Å². The Labute approximate surface area is 56.5 Å². The van der Waals surface area contributed by atoms with Crippen LogP contribution in [0.2, 0.25) is 0 Å². The van der Waals surface area contributed by atoms with Crippen LogP contribution in [-0.4, -0.2) is 17.8 Å². The van der Waals surface area contributed by atoms with Gasteiger partial charge in [-0.05, 0) is 12.0 Å². The fraction of sp³-hybridized carbons (Fsp3) is 1.00. The second kappa shape index (κ2) is 15.9. The van der Waals surface area contributed by atoms with Gasteiger partial charge in [0.05, 0.1) is 0 Å². The molecule has 0 radical (unpaired) electrons. The maximum Gasteiger partial charge on any atom is 0.00183 e. The van der Waals surface area contributed by atoms with E-state index in [0.717, 1.165) is 5.75 Å². The number of hydrogen-bond donors (Lipinski definition) is 1. The lowest BCUT2D eigenvalue weighted by atomic mass is 11.0. The van der Waals surface area contributed by atoms with Gasteiger partial charge in [-0.15, -0.1) is 0 Å². The van der Waals surface area contributed by atoms with Gasteiger partial charge in [0.15, 0.2) is 0 Å². The number of thioether (sulfide) groups is 1. The predicted molar refractivity (Wildman–Crippen MR) is 43.6 cm³/mol. The van der Waals surface area contributed by atoms with Crippen LogP contribution >= 0.6 is 24.4 Å². The third kappa shape index (κ3) is 20.3. The van der Waals surface area contributed by atoms with Crippen molar-refractivity contribution in [2.24, 2.45) is 0 Å². The molecule has 0 N–H and O–H groups in total. The van der Waals surface area contributed by atoms with Crippen LogP contribution in [0.15, 0.2) is 0 Å². The maximum absolute atomic E-state index is 3.98. The first-order chi connectivity index (χ1) is 3.41. The Bertz CT molecular complexity index is 13.6. The van der Waals surface area contributed by atoms with E-state index in [9.17, 15) is 0 Å². The summed E-state index contributed by atoms with van der Waals surface area (Å²) in [5.74, 6) is 2.17. The Kier molecular flexibility index (Phi) is 24.2. The summed E-state index contributed by atoms with van der Waals surface area (Å²) in [6.45, 7) is 4.00. The summed E-state index contributed by atoms with van der Waals surface area (Å²) >= 11 is 5.81. The molecule has 0 aromatic heterocycles. The molecule has 0 nitrogen and oxygen atoms in total. The van der Waals surface area contributed by atoms with Crippen molar-refractivity contribution in [3.8, 4) is 0 Å². The molecule has 46 valence electrons. The first-order valence-electron chi connectivity index (χ1n) is 2.51. The van der Waals surface area contributed by atoms with Gasteiger partial charge in [-0.3, -0.25) is 0 Å². The van der Waals surface area contributed by atoms with E-state index >= 15 is 0 Å². The zero-order valence-corrected chi connectivity index (χ0v) is 6.98. The first kappa shape index (κ1) is 10.6. The fourth-order valence-electron chi connectivity index (χ4n) is 0.0913. The quantitative estimate of drug-likeness (QED) is 0.571. The van der Waals surface area contributed by atoms with Crippen LogP contribution in [-0.2, 0) is 0 Å². The molecule has 0 aromatic carbocycles. The summed E-state index contributed by atoms with van der Waals surface area (Å²) in [5, 5.41) is 0. The summed E-state index contributed by atoms with van der Waals surface area (Å²) in [5.41, 5.74) is 0. The summed E-state index contributed by atoms with van der Waals surface area (Å²) in [7, 11) is 0. The summed E-state index contributed by atoms with van der Waals surface area (Å²) in [4.78, 5) is 0. The Morgan fingerprint density at radius 2 is 1.86 bits per heavy atom. The topological polar surface area (TPSA) is 0 Å². The summed E-state index contributed by atoms with van der Waals surface area (Å²) in [6, 6.07) is 0. The molecular weight excluding hydrogens is 124 g/mol. The van der Waals surface area contributed by atoms with Crippen molar-refractivity contribution >= 4 is 24.4 Å². The summed E-state index contributed by atoms with van der Waals surface area (Å²) in [6.07, 6.45) is 2.08. The smallest absolute Gasteiger partial charge is 0.00183 e. The lowest BCUT2D eigenvalue weighted by Crippen LogP contribution is -1.71. The third-order valence-electron chi connectivity index (χ3n) is 0.295. The van der Waals surface area contributed by atoms with E-state index < -0.39 is 0 Å². The molecule has 0 amide bonds. The van der Waals surface area contributed by atoms with Crippen molar-refractivity contribution in [1.82, 2.24) is 0 Å². The minimum absolute atomic E-state index is 1.00. The molecule has 0 spiro atoms. The molecule has 0 aromatic rings. The first-order valence-corrected chi connectivity index (χ1v) is 4.54. The zero-order chi connectivity index (χ0) is 6.12.